The van der Waals surface area contributed by atoms with Gasteiger partial charge in [-0.25, -0.2) is 13.1 Å². The van der Waals surface area contributed by atoms with Gasteiger partial charge in [-0.2, -0.15) is 16.4 Å². The highest BCUT2D eigenvalue weighted by molar-refractivity contribution is 7.89. The molecular formula is C20H25N3O3S2. The normalized spacial score (nSPS) is 12.8. The van der Waals surface area contributed by atoms with Crippen molar-refractivity contribution in [2.45, 2.75) is 26.3 Å². The van der Waals surface area contributed by atoms with Gasteiger partial charge in [-0.1, -0.05) is 12.1 Å². The fraction of sp³-hybridized carbons (Fsp3) is 0.350. The molecule has 1 atom stereocenters. The van der Waals surface area contributed by atoms with Crippen LogP contribution in [0.4, 0.5) is 0 Å². The topological polar surface area (TPSA) is 73.2 Å². The summed E-state index contributed by atoms with van der Waals surface area (Å²) in [6.07, 6.45) is 0.447. The van der Waals surface area contributed by atoms with Gasteiger partial charge in [0.2, 0.25) is 10.0 Å². The van der Waals surface area contributed by atoms with E-state index < -0.39 is 10.0 Å². The van der Waals surface area contributed by atoms with Crippen molar-refractivity contribution in [1.29, 1.82) is 0 Å². The molecule has 1 unspecified atom stereocenters. The van der Waals surface area contributed by atoms with Crippen molar-refractivity contribution in [3.63, 3.8) is 0 Å². The molecule has 1 aromatic carbocycles. The standard InChI is InChI=1S/C20H25N3O3S2/c1-15-12-16(2)23(22-15)20(18-8-10-27-14-18)13-21-28(24,25)11-9-17-4-6-19(26-3)7-5-17/h4-8,10,12,14,20-21H,9,11,13H2,1-3H3. The second kappa shape index (κ2) is 8.89. The van der Waals surface area contributed by atoms with Crippen LogP contribution in [0.3, 0.4) is 0 Å². The van der Waals surface area contributed by atoms with Gasteiger partial charge in [-0.3, -0.25) is 4.68 Å². The Morgan fingerprint density at radius 2 is 1.96 bits per heavy atom. The van der Waals surface area contributed by atoms with Crippen LogP contribution in [-0.2, 0) is 16.4 Å². The molecule has 1 N–H and O–H groups in total. The molecule has 0 saturated carbocycles. The number of thiophene rings is 1. The Morgan fingerprint density at radius 1 is 1.21 bits per heavy atom. The quantitative estimate of drug-likeness (QED) is 0.577. The molecule has 6 nitrogen and oxygen atoms in total. The lowest BCUT2D eigenvalue weighted by Gasteiger charge is -2.19. The molecule has 150 valence electrons. The number of methoxy groups -OCH3 is 1. The lowest BCUT2D eigenvalue weighted by molar-refractivity contribution is 0.414. The summed E-state index contributed by atoms with van der Waals surface area (Å²) in [6.45, 7) is 4.19. The van der Waals surface area contributed by atoms with Crippen LogP contribution in [0.5, 0.6) is 5.75 Å². The zero-order valence-corrected chi connectivity index (χ0v) is 17.9. The van der Waals surface area contributed by atoms with E-state index in [2.05, 4.69) is 9.82 Å². The number of sulfonamides is 1. The van der Waals surface area contributed by atoms with Crippen LogP contribution in [0.1, 0.15) is 28.6 Å². The SMILES string of the molecule is COc1ccc(CCS(=O)(=O)NCC(c2ccsc2)n2nc(C)cc2C)cc1. The molecule has 0 spiro atoms. The predicted molar refractivity (Wildman–Crippen MR) is 113 cm³/mol. The molecule has 3 rings (SSSR count). The monoisotopic (exact) mass is 419 g/mol. The number of nitrogens with one attached hydrogen (secondary N) is 1. The summed E-state index contributed by atoms with van der Waals surface area (Å²) in [5.74, 6) is 0.792. The molecule has 28 heavy (non-hydrogen) atoms. The van der Waals surface area contributed by atoms with Crippen molar-refractivity contribution in [3.8, 4) is 5.75 Å². The van der Waals surface area contributed by atoms with E-state index in [4.69, 9.17) is 4.74 Å². The molecule has 0 fully saturated rings. The molecule has 3 aromatic rings. The van der Waals surface area contributed by atoms with Crippen LogP contribution in [0.2, 0.25) is 0 Å². The average Bonchev–Trinajstić information content (AvgIpc) is 3.31. The van der Waals surface area contributed by atoms with Crippen molar-refractivity contribution < 1.29 is 13.2 Å². The second-order valence-corrected chi connectivity index (χ2v) is 9.42. The first-order chi connectivity index (χ1) is 13.4. The van der Waals surface area contributed by atoms with Crippen molar-refractivity contribution in [3.05, 3.63) is 69.7 Å². The van der Waals surface area contributed by atoms with Gasteiger partial charge >= 0.3 is 0 Å². The van der Waals surface area contributed by atoms with Crippen LogP contribution in [0, 0.1) is 13.8 Å². The molecule has 2 aromatic heterocycles. The fourth-order valence-corrected chi connectivity index (χ4v) is 4.86. The molecule has 0 radical (unpaired) electrons. The van der Waals surface area contributed by atoms with Gasteiger partial charge in [0.25, 0.3) is 0 Å². The lowest BCUT2D eigenvalue weighted by Crippen LogP contribution is -2.34. The smallest absolute Gasteiger partial charge is 0.212 e. The number of nitrogens with zero attached hydrogens (tertiary/aromatic N) is 2. The van der Waals surface area contributed by atoms with E-state index in [1.54, 1.807) is 18.4 Å². The van der Waals surface area contributed by atoms with Crippen LogP contribution in [-0.4, -0.2) is 37.6 Å². The first-order valence-corrected chi connectivity index (χ1v) is 11.6. The van der Waals surface area contributed by atoms with Crippen molar-refractivity contribution in [1.82, 2.24) is 14.5 Å². The van der Waals surface area contributed by atoms with Crippen molar-refractivity contribution >= 4 is 21.4 Å². The van der Waals surface area contributed by atoms with Gasteiger partial charge in [0.05, 0.1) is 24.6 Å². The first kappa shape index (κ1) is 20.6. The van der Waals surface area contributed by atoms with Gasteiger partial charge in [0.15, 0.2) is 0 Å². The summed E-state index contributed by atoms with van der Waals surface area (Å²) < 4.78 is 34.9. The summed E-state index contributed by atoms with van der Waals surface area (Å²) in [6, 6.07) is 11.3. The summed E-state index contributed by atoms with van der Waals surface area (Å²) in [7, 11) is -1.81. The number of benzene rings is 1. The summed E-state index contributed by atoms with van der Waals surface area (Å²) in [4.78, 5) is 0. The first-order valence-electron chi connectivity index (χ1n) is 9.03. The van der Waals surface area contributed by atoms with Gasteiger partial charge in [-0.15, -0.1) is 0 Å². The minimum atomic E-state index is -3.41. The number of ether oxygens (including phenoxy) is 1. The molecule has 0 aliphatic heterocycles. The Labute approximate surface area is 170 Å². The number of hydrogen-bond acceptors (Lipinski definition) is 5. The largest absolute Gasteiger partial charge is 0.497 e. The van der Waals surface area contributed by atoms with E-state index in [0.717, 1.165) is 28.3 Å². The Kier molecular flexibility index (Phi) is 6.53. The predicted octanol–water partition coefficient (Wildman–Crippen LogP) is 3.32. The van der Waals surface area contributed by atoms with Gasteiger partial charge in [0.1, 0.15) is 5.75 Å². The molecule has 0 aliphatic carbocycles. The highest BCUT2D eigenvalue weighted by Crippen LogP contribution is 2.22. The van der Waals surface area contributed by atoms with E-state index in [9.17, 15) is 8.42 Å². The van der Waals surface area contributed by atoms with Gasteiger partial charge in [0, 0.05) is 12.2 Å². The van der Waals surface area contributed by atoms with E-state index in [-0.39, 0.29) is 18.3 Å². The van der Waals surface area contributed by atoms with E-state index >= 15 is 0 Å². The van der Waals surface area contributed by atoms with E-state index in [0.29, 0.717) is 6.42 Å². The highest BCUT2D eigenvalue weighted by Gasteiger charge is 2.20. The van der Waals surface area contributed by atoms with Crippen LogP contribution in [0.15, 0.2) is 47.2 Å². The molecule has 0 aliphatic rings. The van der Waals surface area contributed by atoms with Crippen LogP contribution >= 0.6 is 11.3 Å². The third-order valence-corrected chi connectivity index (χ3v) is 6.63. The summed E-state index contributed by atoms with van der Waals surface area (Å²) in [5.41, 5.74) is 3.93. The van der Waals surface area contributed by atoms with Crippen molar-refractivity contribution in [2.75, 3.05) is 19.4 Å². The zero-order chi connectivity index (χ0) is 20.1. The Morgan fingerprint density at radius 3 is 2.54 bits per heavy atom. The van der Waals surface area contributed by atoms with E-state index in [1.807, 2.05) is 65.7 Å². The molecule has 0 saturated heterocycles. The average molecular weight is 420 g/mol. The van der Waals surface area contributed by atoms with Crippen LogP contribution in [0.25, 0.3) is 0 Å². The maximum absolute atomic E-state index is 12.6. The fourth-order valence-electron chi connectivity index (χ4n) is 3.09. The second-order valence-electron chi connectivity index (χ2n) is 6.71. The number of hydrogen-bond donors (Lipinski definition) is 1. The molecule has 0 amide bonds. The number of rotatable bonds is 9. The van der Waals surface area contributed by atoms with Gasteiger partial charge in [-0.05, 0) is 66.4 Å². The zero-order valence-electron chi connectivity index (χ0n) is 16.3. The third kappa shape index (κ3) is 5.21. The number of aryl methyl sites for hydroxylation is 3. The molecule has 0 bridgehead atoms. The molecule has 2 heterocycles. The minimum Gasteiger partial charge on any atom is -0.497 e. The highest BCUT2D eigenvalue weighted by atomic mass is 32.2. The van der Waals surface area contributed by atoms with Crippen LogP contribution < -0.4 is 9.46 Å². The summed E-state index contributed by atoms with van der Waals surface area (Å²) >= 11 is 1.59. The Bertz CT molecular complexity index is 994. The summed E-state index contributed by atoms with van der Waals surface area (Å²) in [5, 5.41) is 8.58. The Balaban J connectivity index is 1.67. The maximum Gasteiger partial charge on any atom is 0.212 e. The molecular weight excluding hydrogens is 394 g/mol. The van der Waals surface area contributed by atoms with Crippen molar-refractivity contribution in [2.24, 2.45) is 0 Å². The third-order valence-electron chi connectivity index (χ3n) is 4.58. The number of aromatic nitrogens is 2. The molecule has 8 heteroatoms. The Hall–Kier alpha value is -2.16. The maximum atomic E-state index is 12.6. The van der Waals surface area contributed by atoms with E-state index in [1.165, 1.54) is 0 Å². The lowest BCUT2D eigenvalue weighted by atomic mass is 10.1. The minimum absolute atomic E-state index is 0.0345. The van der Waals surface area contributed by atoms with Gasteiger partial charge < -0.3 is 4.74 Å².